The molecule has 2 aromatic rings. The van der Waals surface area contributed by atoms with E-state index in [9.17, 15) is 4.79 Å². The molecule has 0 unspecified atom stereocenters. The Morgan fingerprint density at radius 2 is 2.32 bits per heavy atom. The van der Waals surface area contributed by atoms with Crippen molar-refractivity contribution in [1.82, 2.24) is 19.7 Å². The van der Waals surface area contributed by atoms with Crippen molar-refractivity contribution >= 4 is 32.7 Å². The highest BCUT2D eigenvalue weighted by Gasteiger charge is 2.29. The number of amides is 1. The maximum absolute atomic E-state index is 11.9. The van der Waals surface area contributed by atoms with Crippen LogP contribution in [-0.2, 0) is 16.6 Å². The minimum atomic E-state index is 0.216. The molecule has 1 aliphatic heterocycles. The lowest BCUT2D eigenvalue weighted by molar-refractivity contribution is -0.128. The highest BCUT2D eigenvalue weighted by molar-refractivity contribution is 7.22. The molecule has 8 heteroatoms. The number of aromatic nitrogens is 3. The fourth-order valence-corrected chi connectivity index (χ4v) is 3.74. The largest absolute Gasteiger partial charge is 0.383 e. The van der Waals surface area contributed by atoms with Crippen LogP contribution in [-0.4, -0.2) is 58.9 Å². The van der Waals surface area contributed by atoms with Crippen LogP contribution in [0.5, 0.6) is 0 Å². The molecule has 3 heterocycles. The number of anilines is 1. The van der Waals surface area contributed by atoms with E-state index in [-0.39, 0.29) is 5.91 Å². The molecule has 120 valence electrons. The lowest BCUT2D eigenvalue weighted by Gasteiger charge is -2.15. The van der Waals surface area contributed by atoms with Crippen molar-refractivity contribution in [3.8, 4) is 0 Å². The number of carbonyl (C=O) groups excluding carboxylic acids is 1. The summed E-state index contributed by atoms with van der Waals surface area (Å²) >= 11 is 1.62. The zero-order valence-electron chi connectivity index (χ0n) is 13.1. The lowest BCUT2D eigenvalue weighted by atomic mass is 10.1. The van der Waals surface area contributed by atoms with E-state index in [0.717, 1.165) is 34.3 Å². The summed E-state index contributed by atoms with van der Waals surface area (Å²) in [4.78, 5) is 18.4. The van der Waals surface area contributed by atoms with Crippen LogP contribution >= 0.6 is 11.3 Å². The topological polar surface area (TPSA) is 72.3 Å². The van der Waals surface area contributed by atoms with E-state index in [1.807, 2.05) is 18.9 Å². The third-order valence-corrected chi connectivity index (χ3v) is 5.06. The molecule has 0 saturated carbocycles. The SMILES string of the molecule is COCCN1C[C@H](CNc2nc3c(s2)c(C)nn3C)CC1=O. The molecule has 1 atom stereocenters. The van der Waals surface area contributed by atoms with Crippen LogP contribution in [0.25, 0.3) is 10.3 Å². The number of ether oxygens (including phenoxy) is 1. The first-order chi connectivity index (χ1) is 10.6. The fraction of sp³-hybridized carbons (Fsp3) is 0.643. The first-order valence-electron chi connectivity index (χ1n) is 7.39. The smallest absolute Gasteiger partial charge is 0.223 e. The number of carbonyl (C=O) groups is 1. The zero-order chi connectivity index (χ0) is 15.7. The van der Waals surface area contributed by atoms with Gasteiger partial charge in [-0.2, -0.15) is 5.10 Å². The van der Waals surface area contributed by atoms with Crippen molar-refractivity contribution in [2.45, 2.75) is 13.3 Å². The van der Waals surface area contributed by atoms with Crippen molar-refractivity contribution in [2.24, 2.45) is 13.0 Å². The van der Waals surface area contributed by atoms with Crippen LogP contribution in [0.1, 0.15) is 12.1 Å². The summed E-state index contributed by atoms with van der Waals surface area (Å²) in [6.45, 7) is 4.82. The minimum Gasteiger partial charge on any atom is -0.383 e. The van der Waals surface area contributed by atoms with E-state index >= 15 is 0 Å². The molecule has 1 amide bonds. The molecule has 3 rings (SSSR count). The van der Waals surface area contributed by atoms with Crippen molar-refractivity contribution < 1.29 is 9.53 Å². The molecule has 22 heavy (non-hydrogen) atoms. The fourth-order valence-electron chi connectivity index (χ4n) is 2.80. The van der Waals surface area contributed by atoms with Crippen LogP contribution in [0, 0.1) is 12.8 Å². The minimum absolute atomic E-state index is 0.216. The summed E-state index contributed by atoms with van der Waals surface area (Å²) in [6.07, 6.45) is 0.599. The van der Waals surface area contributed by atoms with Crippen molar-refractivity contribution in [3.05, 3.63) is 5.69 Å². The van der Waals surface area contributed by atoms with E-state index in [1.165, 1.54) is 0 Å². The predicted octanol–water partition coefficient (Wildman–Crippen LogP) is 1.25. The number of aryl methyl sites for hydroxylation is 2. The molecule has 0 aromatic carbocycles. The van der Waals surface area contributed by atoms with Crippen LogP contribution < -0.4 is 5.32 Å². The van der Waals surface area contributed by atoms with Gasteiger partial charge in [0.1, 0.15) is 0 Å². The Hall–Kier alpha value is -1.67. The van der Waals surface area contributed by atoms with Crippen molar-refractivity contribution in [2.75, 3.05) is 38.7 Å². The molecule has 0 bridgehead atoms. The number of fused-ring (bicyclic) bond motifs is 1. The summed E-state index contributed by atoms with van der Waals surface area (Å²) in [5.41, 5.74) is 1.92. The summed E-state index contributed by atoms with van der Waals surface area (Å²) in [5, 5.41) is 8.62. The molecule has 0 radical (unpaired) electrons. The lowest BCUT2D eigenvalue weighted by Crippen LogP contribution is -2.29. The van der Waals surface area contributed by atoms with Crippen LogP contribution in [0.4, 0.5) is 5.13 Å². The van der Waals surface area contributed by atoms with Gasteiger partial charge in [-0.25, -0.2) is 9.67 Å². The number of nitrogens with zero attached hydrogens (tertiary/aromatic N) is 4. The second-order valence-corrected chi connectivity index (χ2v) is 6.66. The van der Waals surface area contributed by atoms with Gasteiger partial charge in [0.2, 0.25) is 5.91 Å². The van der Waals surface area contributed by atoms with Gasteiger partial charge in [0.25, 0.3) is 0 Å². The van der Waals surface area contributed by atoms with E-state index in [0.29, 0.717) is 25.5 Å². The molecule has 1 aliphatic rings. The van der Waals surface area contributed by atoms with Gasteiger partial charge in [-0.3, -0.25) is 4.79 Å². The highest BCUT2D eigenvalue weighted by atomic mass is 32.1. The van der Waals surface area contributed by atoms with Gasteiger partial charge in [-0.1, -0.05) is 11.3 Å². The number of methoxy groups -OCH3 is 1. The maximum Gasteiger partial charge on any atom is 0.223 e. The quantitative estimate of drug-likeness (QED) is 0.866. The Balaban J connectivity index is 1.58. The van der Waals surface area contributed by atoms with Crippen LogP contribution in [0.3, 0.4) is 0 Å². The summed E-state index contributed by atoms with van der Waals surface area (Å²) in [5.74, 6) is 0.545. The van der Waals surface area contributed by atoms with E-state index in [1.54, 1.807) is 23.1 Å². The third kappa shape index (κ3) is 2.93. The molecule has 0 spiro atoms. The maximum atomic E-state index is 11.9. The van der Waals surface area contributed by atoms with Crippen LogP contribution in [0.2, 0.25) is 0 Å². The first-order valence-corrected chi connectivity index (χ1v) is 8.21. The average Bonchev–Trinajstić information content (AvgIpc) is 3.12. The van der Waals surface area contributed by atoms with Gasteiger partial charge in [0.05, 0.1) is 17.0 Å². The van der Waals surface area contributed by atoms with Gasteiger partial charge in [-0.05, 0) is 6.92 Å². The summed E-state index contributed by atoms with van der Waals surface area (Å²) in [6, 6.07) is 0. The molecule has 0 aliphatic carbocycles. The summed E-state index contributed by atoms with van der Waals surface area (Å²) in [7, 11) is 3.56. The Labute approximate surface area is 133 Å². The van der Waals surface area contributed by atoms with Gasteiger partial charge < -0.3 is 15.0 Å². The number of hydrogen-bond acceptors (Lipinski definition) is 6. The number of rotatable bonds is 6. The van der Waals surface area contributed by atoms with Crippen molar-refractivity contribution in [1.29, 1.82) is 0 Å². The van der Waals surface area contributed by atoms with Gasteiger partial charge in [0.15, 0.2) is 10.8 Å². The standard InChI is InChI=1S/C14H21N5O2S/c1-9-12-13(18(2)17-9)16-14(22-12)15-7-10-6-11(20)19(8-10)4-5-21-3/h10H,4-8H2,1-3H3,(H,15,16)/t10-/m0/s1. The summed E-state index contributed by atoms with van der Waals surface area (Å²) < 4.78 is 7.96. The van der Waals surface area contributed by atoms with Gasteiger partial charge >= 0.3 is 0 Å². The molecule has 2 aromatic heterocycles. The van der Waals surface area contributed by atoms with Crippen molar-refractivity contribution in [3.63, 3.8) is 0 Å². The Kier molecular flexibility index (Phi) is 4.30. The number of nitrogens with one attached hydrogen (secondary N) is 1. The molecule has 1 fully saturated rings. The molecule has 7 nitrogen and oxygen atoms in total. The van der Waals surface area contributed by atoms with Crippen LogP contribution in [0.15, 0.2) is 0 Å². The zero-order valence-corrected chi connectivity index (χ0v) is 13.9. The Bertz CT molecular complexity index is 646. The number of likely N-dealkylation sites (tertiary alicyclic amines) is 1. The van der Waals surface area contributed by atoms with E-state index in [4.69, 9.17) is 4.74 Å². The second-order valence-electron chi connectivity index (χ2n) is 5.66. The number of hydrogen-bond donors (Lipinski definition) is 1. The normalized spacial score (nSPS) is 18.6. The van der Waals surface area contributed by atoms with E-state index < -0.39 is 0 Å². The second kappa shape index (κ2) is 6.21. The monoisotopic (exact) mass is 323 g/mol. The molecule has 1 N–H and O–H groups in total. The van der Waals surface area contributed by atoms with Gasteiger partial charge in [-0.15, -0.1) is 0 Å². The molecule has 1 saturated heterocycles. The molecular weight excluding hydrogens is 302 g/mol. The highest BCUT2D eigenvalue weighted by Crippen LogP contribution is 2.28. The molecular formula is C14H21N5O2S. The Morgan fingerprint density at radius 1 is 1.50 bits per heavy atom. The third-order valence-electron chi connectivity index (χ3n) is 3.95. The van der Waals surface area contributed by atoms with E-state index in [2.05, 4.69) is 15.4 Å². The first kappa shape index (κ1) is 15.2. The average molecular weight is 323 g/mol. The van der Waals surface area contributed by atoms with Gasteiger partial charge in [0, 0.05) is 46.1 Å². The number of thiazole rings is 1. The Morgan fingerprint density at radius 3 is 3.05 bits per heavy atom. The predicted molar refractivity (Wildman–Crippen MR) is 86.2 cm³/mol.